The monoisotopic (exact) mass is 385 g/mol. The molecule has 22 heavy (non-hydrogen) atoms. The molecule has 1 fully saturated rings. The summed E-state index contributed by atoms with van der Waals surface area (Å²) in [5.74, 6) is -0.156. The Hall–Kier alpha value is -1.80. The number of carbonyl (C=O) groups excluding carboxylic acids is 1. The second kappa shape index (κ2) is 6.53. The standard InChI is InChI=1S/C14H16BrN3O3S/c1-6-10(13(16)19)11(18-14(22)17-6)8-4-7(15)5-9(20-2)12(8)21-3/h4-5,10-11H,1H2,2-3H3,(H2,16,19)(H2,17,18,22). The Morgan fingerprint density at radius 2 is 2.09 bits per heavy atom. The average molecular weight is 386 g/mol. The fraction of sp³-hybridized carbons (Fsp3) is 0.286. The van der Waals surface area contributed by atoms with Crippen molar-refractivity contribution in [3.8, 4) is 11.5 Å². The number of hydrogen-bond donors (Lipinski definition) is 3. The number of carbonyl (C=O) groups is 1. The van der Waals surface area contributed by atoms with Crippen molar-refractivity contribution in [3.63, 3.8) is 0 Å². The van der Waals surface area contributed by atoms with Crippen LogP contribution in [-0.4, -0.2) is 25.2 Å². The Bertz CT molecular complexity index is 650. The van der Waals surface area contributed by atoms with E-state index in [1.807, 2.05) is 6.07 Å². The van der Waals surface area contributed by atoms with E-state index in [-0.39, 0.29) is 0 Å². The summed E-state index contributed by atoms with van der Waals surface area (Å²) in [4.78, 5) is 11.8. The smallest absolute Gasteiger partial charge is 0.228 e. The Kier molecular flexibility index (Phi) is 4.92. The van der Waals surface area contributed by atoms with E-state index in [0.29, 0.717) is 27.9 Å². The molecule has 0 radical (unpaired) electrons. The van der Waals surface area contributed by atoms with E-state index in [4.69, 9.17) is 27.4 Å². The molecular weight excluding hydrogens is 370 g/mol. The van der Waals surface area contributed by atoms with Crippen LogP contribution in [-0.2, 0) is 4.79 Å². The third-order valence-electron chi connectivity index (χ3n) is 3.38. The summed E-state index contributed by atoms with van der Waals surface area (Å²) in [6.07, 6.45) is 0. The fourth-order valence-corrected chi connectivity index (χ4v) is 3.18. The van der Waals surface area contributed by atoms with Crippen molar-refractivity contribution < 1.29 is 14.3 Å². The zero-order chi connectivity index (χ0) is 16.4. The fourth-order valence-electron chi connectivity index (χ4n) is 2.47. The van der Waals surface area contributed by atoms with Crippen LogP contribution >= 0.6 is 28.1 Å². The van der Waals surface area contributed by atoms with E-state index in [1.54, 1.807) is 13.2 Å². The van der Waals surface area contributed by atoms with Gasteiger partial charge in [0.2, 0.25) is 5.91 Å². The van der Waals surface area contributed by atoms with Crippen LogP contribution in [0.4, 0.5) is 0 Å². The number of nitrogens with one attached hydrogen (secondary N) is 2. The molecule has 1 aromatic rings. The molecule has 0 spiro atoms. The molecule has 2 rings (SSSR count). The summed E-state index contributed by atoms with van der Waals surface area (Å²) >= 11 is 8.57. The van der Waals surface area contributed by atoms with Crippen molar-refractivity contribution in [3.05, 3.63) is 34.4 Å². The number of primary amides is 1. The lowest BCUT2D eigenvalue weighted by Crippen LogP contribution is -2.52. The Morgan fingerprint density at radius 1 is 1.41 bits per heavy atom. The molecular formula is C14H16BrN3O3S. The van der Waals surface area contributed by atoms with Crippen molar-refractivity contribution in [1.82, 2.24) is 10.6 Å². The van der Waals surface area contributed by atoms with Crippen molar-refractivity contribution in [2.24, 2.45) is 11.7 Å². The molecule has 1 aliphatic heterocycles. The van der Waals surface area contributed by atoms with Crippen LogP contribution in [0.25, 0.3) is 0 Å². The van der Waals surface area contributed by atoms with Gasteiger partial charge < -0.3 is 25.8 Å². The van der Waals surface area contributed by atoms with Gasteiger partial charge in [0.15, 0.2) is 16.6 Å². The Labute approximate surface area is 142 Å². The second-order valence-corrected chi connectivity index (χ2v) is 6.04. The average Bonchev–Trinajstić information content (AvgIpc) is 2.44. The highest BCUT2D eigenvalue weighted by molar-refractivity contribution is 9.10. The van der Waals surface area contributed by atoms with Gasteiger partial charge in [0, 0.05) is 15.7 Å². The normalized spacial score (nSPS) is 20.9. The van der Waals surface area contributed by atoms with Gasteiger partial charge in [-0.05, 0) is 24.4 Å². The summed E-state index contributed by atoms with van der Waals surface area (Å²) in [6, 6.07) is 3.10. The molecule has 2 atom stereocenters. The maximum atomic E-state index is 11.8. The maximum Gasteiger partial charge on any atom is 0.228 e. The molecule has 1 aromatic carbocycles. The molecule has 0 saturated carbocycles. The van der Waals surface area contributed by atoms with E-state index in [9.17, 15) is 4.79 Å². The van der Waals surface area contributed by atoms with Gasteiger partial charge in [0.1, 0.15) is 5.92 Å². The molecule has 0 aromatic heterocycles. The van der Waals surface area contributed by atoms with Crippen LogP contribution in [0.5, 0.6) is 11.5 Å². The van der Waals surface area contributed by atoms with Gasteiger partial charge >= 0.3 is 0 Å². The van der Waals surface area contributed by atoms with Gasteiger partial charge in [-0.3, -0.25) is 4.79 Å². The van der Waals surface area contributed by atoms with Crippen molar-refractivity contribution in [2.75, 3.05) is 14.2 Å². The first kappa shape index (κ1) is 16.6. The number of nitrogens with two attached hydrogens (primary N) is 1. The summed E-state index contributed by atoms with van der Waals surface area (Å²) in [5, 5.41) is 6.25. The van der Waals surface area contributed by atoms with Crippen molar-refractivity contribution >= 4 is 39.2 Å². The maximum absolute atomic E-state index is 11.8. The number of benzene rings is 1. The minimum Gasteiger partial charge on any atom is -0.493 e. The summed E-state index contributed by atoms with van der Waals surface area (Å²) < 4.78 is 11.5. The molecule has 6 nitrogen and oxygen atoms in total. The topological polar surface area (TPSA) is 85.6 Å². The van der Waals surface area contributed by atoms with Crippen LogP contribution in [0.1, 0.15) is 11.6 Å². The van der Waals surface area contributed by atoms with Crippen molar-refractivity contribution in [2.45, 2.75) is 6.04 Å². The zero-order valence-electron chi connectivity index (χ0n) is 12.1. The minimum absolute atomic E-state index is 0.369. The Morgan fingerprint density at radius 3 is 2.64 bits per heavy atom. The van der Waals surface area contributed by atoms with Gasteiger partial charge in [0.05, 0.1) is 20.3 Å². The number of hydrogen-bond acceptors (Lipinski definition) is 4. The van der Waals surface area contributed by atoms with Gasteiger partial charge in [-0.1, -0.05) is 22.5 Å². The highest BCUT2D eigenvalue weighted by Crippen LogP contribution is 2.41. The Balaban J connectivity index is 2.60. The summed E-state index contributed by atoms with van der Waals surface area (Å²) in [5.41, 5.74) is 6.67. The van der Waals surface area contributed by atoms with Gasteiger partial charge in [-0.2, -0.15) is 0 Å². The lowest BCUT2D eigenvalue weighted by Gasteiger charge is -2.35. The predicted octanol–water partition coefficient (Wildman–Crippen LogP) is 1.60. The summed E-state index contributed by atoms with van der Waals surface area (Å²) in [7, 11) is 3.07. The molecule has 0 aliphatic carbocycles. The number of halogens is 1. The van der Waals surface area contributed by atoms with E-state index < -0.39 is 17.9 Å². The van der Waals surface area contributed by atoms with Crippen LogP contribution in [0, 0.1) is 5.92 Å². The molecule has 1 heterocycles. The molecule has 1 amide bonds. The van der Waals surface area contributed by atoms with E-state index >= 15 is 0 Å². The molecule has 4 N–H and O–H groups in total. The highest BCUT2D eigenvalue weighted by Gasteiger charge is 2.37. The third-order valence-corrected chi connectivity index (χ3v) is 4.06. The molecule has 1 saturated heterocycles. The van der Waals surface area contributed by atoms with E-state index in [2.05, 4.69) is 33.1 Å². The van der Waals surface area contributed by atoms with Gasteiger partial charge in [0.25, 0.3) is 0 Å². The van der Waals surface area contributed by atoms with Crippen LogP contribution in [0.3, 0.4) is 0 Å². The first-order valence-electron chi connectivity index (χ1n) is 6.36. The number of rotatable bonds is 4. The van der Waals surface area contributed by atoms with E-state index in [0.717, 1.165) is 4.47 Å². The van der Waals surface area contributed by atoms with E-state index in [1.165, 1.54) is 7.11 Å². The largest absolute Gasteiger partial charge is 0.493 e. The predicted molar refractivity (Wildman–Crippen MR) is 90.7 cm³/mol. The number of ether oxygens (including phenoxy) is 2. The SMILES string of the molecule is C=C1NC(=S)NC(c2cc(Br)cc(OC)c2OC)C1C(N)=O. The second-order valence-electron chi connectivity index (χ2n) is 4.71. The first-order valence-corrected chi connectivity index (χ1v) is 7.56. The number of thiocarbonyl (C=S) groups is 1. The van der Waals surface area contributed by atoms with Gasteiger partial charge in [-0.15, -0.1) is 0 Å². The van der Waals surface area contributed by atoms with Crippen LogP contribution < -0.4 is 25.8 Å². The zero-order valence-corrected chi connectivity index (χ0v) is 14.5. The quantitative estimate of drug-likeness (QED) is 0.682. The lowest BCUT2D eigenvalue weighted by molar-refractivity contribution is -0.121. The minimum atomic E-state index is -0.681. The molecule has 8 heteroatoms. The van der Waals surface area contributed by atoms with Crippen LogP contribution in [0.15, 0.2) is 28.9 Å². The first-order chi connectivity index (χ1) is 10.4. The third kappa shape index (κ3) is 3.02. The van der Waals surface area contributed by atoms with Crippen LogP contribution in [0.2, 0.25) is 0 Å². The van der Waals surface area contributed by atoms with Crippen molar-refractivity contribution in [1.29, 1.82) is 0 Å². The molecule has 118 valence electrons. The summed E-state index contributed by atoms with van der Waals surface area (Å²) in [6.45, 7) is 3.84. The molecule has 0 bridgehead atoms. The number of amides is 1. The lowest BCUT2D eigenvalue weighted by atomic mass is 9.88. The van der Waals surface area contributed by atoms with Gasteiger partial charge in [-0.25, -0.2) is 0 Å². The number of methoxy groups -OCH3 is 2. The molecule has 1 aliphatic rings. The highest BCUT2D eigenvalue weighted by atomic mass is 79.9. The molecule has 2 unspecified atom stereocenters.